The first-order valence-electron chi connectivity index (χ1n) is 12.6. The van der Waals surface area contributed by atoms with E-state index in [1.807, 2.05) is 0 Å². The van der Waals surface area contributed by atoms with Crippen LogP contribution in [0.1, 0.15) is 81.0 Å². The summed E-state index contributed by atoms with van der Waals surface area (Å²) >= 11 is 0. The van der Waals surface area contributed by atoms with E-state index < -0.39 is 12.1 Å². The zero-order valence-corrected chi connectivity index (χ0v) is 19.7. The van der Waals surface area contributed by atoms with E-state index in [4.69, 9.17) is 4.74 Å². The number of carbonyl (C=O) groups excluding carboxylic acids is 3. The number of hydrogen-bond acceptors (Lipinski definition) is 4. The number of hydrogen-bond donors (Lipinski definition) is 2. The van der Waals surface area contributed by atoms with Crippen LogP contribution in [0, 0.1) is 5.92 Å². The van der Waals surface area contributed by atoms with Crippen LogP contribution in [0.2, 0.25) is 0 Å². The number of nitrogens with zero attached hydrogens (tertiary/aromatic N) is 1. The largest absolute Gasteiger partial charge is 0.497 e. The van der Waals surface area contributed by atoms with E-state index >= 15 is 0 Å². The Morgan fingerprint density at radius 1 is 0.970 bits per heavy atom. The fraction of sp³-hybridized carbons (Fsp3) is 0.654. The lowest BCUT2D eigenvalue weighted by Gasteiger charge is -2.35. The lowest BCUT2D eigenvalue weighted by Crippen LogP contribution is -2.56. The number of carbonyl (C=O) groups is 3. The molecule has 2 saturated carbocycles. The van der Waals surface area contributed by atoms with Gasteiger partial charge in [-0.2, -0.15) is 0 Å². The van der Waals surface area contributed by atoms with Gasteiger partial charge in [0.25, 0.3) is 5.91 Å². The third kappa shape index (κ3) is 5.68. The first kappa shape index (κ1) is 23.6. The van der Waals surface area contributed by atoms with Crippen molar-refractivity contribution in [3.05, 3.63) is 29.8 Å². The highest BCUT2D eigenvalue weighted by atomic mass is 16.5. The zero-order chi connectivity index (χ0) is 23.2. The molecule has 0 unspecified atom stereocenters. The Morgan fingerprint density at radius 3 is 2.42 bits per heavy atom. The lowest BCUT2D eigenvalue weighted by atomic mass is 9.83. The van der Waals surface area contributed by atoms with Gasteiger partial charge in [0.15, 0.2) is 0 Å². The average molecular weight is 456 g/mol. The van der Waals surface area contributed by atoms with Crippen molar-refractivity contribution in [2.75, 3.05) is 13.7 Å². The maximum absolute atomic E-state index is 13.8. The van der Waals surface area contributed by atoms with E-state index in [0.29, 0.717) is 24.3 Å². The topological polar surface area (TPSA) is 87.7 Å². The van der Waals surface area contributed by atoms with E-state index in [-0.39, 0.29) is 29.7 Å². The third-order valence-corrected chi connectivity index (χ3v) is 7.55. The molecule has 0 bridgehead atoms. The standard InChI is InChI=1S/C26H37N3O4/c1-33-21-14-7-11-19(17-21)24(30)28-23(18-9-3-2-4-10-18)26(32)29-16-8-15-22(29)25(31)27-20-12-5-6-13-20/h7,11,14,17-18,20,22-23H,2-6,8-10,12-13,15-16H2,1H3,(H,27,31)(H,28,30)/t22-,23-/m0/s1. The van der Waals surface area contributed by atoms with Gasteiger partial charge in [0.2, 0.25) is 11.8 Å². The molecule has 4 rings (SSSR count). The van der Waals surface area contributed by atoms with Gasteiger partial charge < -0.3 is 20.3 Å². The second kappa shape index (κ2) is 11.0. The average Bonchev–Trinajstić information content (AvgIpc) is 3.55. The Balaban J connectivity index is 1.49. The van der Waals surface area contributed by atoms with Crippen LogP contribution in [0.3, 0.4) is 0 Å². The summed E-state index contributed by atoms with van der Waals surface area (Å²) in [5.74, 6) is 0.284. The van der Waals surface area contributed by atoms with Crippen LogP contribution in [0.25, 0.3) is 0 Å². The molecule has 0 spiro atoms. The van der Waals surface area contributed by atoms with Crippen LogP contribution in [0.4, 0.5) is 0 Å². The van der Waals surface area contributed by atoms with Crippen LogP contribution >= 0.6 is 0 Å². The van der Waals surface area contributed by atoms with Crippen molar-refractivity contribution in [3.8, 4) is 5.75 Å². The number of methoxy groups -OCH3 is 1. The van der Waals surface area contributed by atoms with Gasteiger partial charge >= 0.3 is 0 Å². The number of likely N-dealkylation sites (tertiary alicyclic amines) is 1. The Hall–Kier alpha value is -2.57. The minimum absolute atomic E-state index is 0.0331. The van der Waals surface area contributed by atoms with E-state index in [1.54, 1.807) is 36.3 Å². The quantitative estimate of drug-likeness (QED) is 0.659. The SMILES string of the molecule is COc1cccc(C(=O)N[C@H](C(=O)N2CCC[C@H]2C(=O)NC2CCCC2)C2CCCCC2)c1. The monoisotopic (exact) mass is 455 g/mol. The summed E-state index contributed by atoms with van der Waals surface area (Å²) in [6, 6.07) is 6.17. The molecule has 0 radical (unpaired) electrons. The van der Waals surface area contributed by atoms with Gasteiger partial charge in [-0.25, -0.2) is 0 Å². The molecule has 0 aromatic heterocycles. The molecular formula is C26H37N3O4. The van der Waals surface area contributed by atoms with E-state index in [0.717, 1.165) is 64.2 Å². The molecule has 1 saturated heterocycles. The van der Waals surface area contributed by atoms with Crippen LogP contribution in [0.5, 0.6) is 5.75 Å². The van der Waals surface area contributed by atoms with Crippen molar-refractivity contribution in [2.45, 2.75) is 88.8 Å². The van der Waals surface area contributed by atoms with Crippen molar-refractivity contribution in [1.82, 2.24) is 15.5 Å². The van der Waals surface area contributed by atoms with Crippen molar-refractivity contribution in [2.24, 2.45) is 5.92 Å². The van der Waals surface area contributed by atoms with Crippen LogP contribution in [-0.2, 0) is 9.59 Å². The predicted octanol–water partition coefficient (Wildman–Crippen LogP) is 3.42. The molecule has 7 nitrogen and oxygen atoms in total. The maximum Gasteiger partial charge on any atom is 0.252 e. The minimum atomic E-state index is -0.608. The molecule has 3 amide bonds. The van der Waals surface area contributed by atoms with Gasteiger partial charge in [-0.15, -0.1) is 0 Å². The number of amides is 3. The highest BCUT2D eigenvalue weighted by Gasteiger charge is 2.41. The lowest BCUT2D eigenvalue weighted by molar-refractivity contribution is -0.141. The fourth-order valence-electron chi connectivity index (χ4n) is 5.69. The Bertz CT molecular complexity index is 846. The molecule has 1 heterocycles. The van der Waals surface area contributed by atoms with Crippen molar-refractivity contribution < 1.29 is 19.1 Å². The summed E-state index contributed by atoms with van der Waals surface area (Å²) in [5.41, 5.74) is 0.472. The van der Waals surface area contributed by atoms with Gasteiger partial charge in [-0.05, 0) is 62.6 Å². The number of nitrogens with one attached hydrogen (secondary N) is 2. The number of ether oxygens (including phenoxy) is 1. The van der Waals surface area contributed by atoms with Crippen LogP contribution in [-0.4, -0.2) is 54.4 Å². The summed E-state index contributed by atoms with van der Waals surface area (Å²) in [4.78, 5) is 41.7. The Morgan fingerprint density at radius 2 is 1.70 bits per heavy atom. The second-order valence-corrected chi connectivity index (χ2v) is 9.76. The van der Waals surface area contributed by atoms with Gasteiger partial charge in [-0.3, -0.25) is 14.4 Å². The molecule has 3 aliphatic rings. The number of benzene rings is 1. The summed E-state index contributed by atoms with van der Waals surface area (Å²) in [6.07, 6.45) is 11.0. The van der Waals surface area contributed by atoms with E-state index in [2.05, 4.69) is 10.6 Å². The summed E-state index contributed by atoms with van der Waals surface area (Å²) < 4.78 is 5.25. The van der Waals surface area contributed by atoms with Gasteiger partial charge in [0.1, 0.15) is 17.8 Å². The molecule has 1 aliphatic heterocycles. The normalized spacial score (nSPS) is 22.7. The van der Waals surface area contributed by atoms with Crippen molar-refractivity contribution in [3.63, 3.8) is 0 Å². The van der Waals surface area contributed by atoms with Gasteiger partial charge in [0, 0.05) is 18.2 Å². The zero-order valence-electron chi connectivity index (χ0n) is 19.7. The predicted molar refractivity (Wildman–Crippen MR) is 126 cm³/mol. The molecule has 3 fully saturated rings. The highest BCUT2D eigenvalue weighted by molar-refractivity contribution is 5.99. The first-order valence-corrected chi connectivity index (χ1v) is 12.6. The minimum Gasteiger partial charge on any atom is -0.497 e. The van der Waals surface area contributed by atoms with Gasteiger partial charge in [-0.1, -0.05) is 38.2 Å². The van der Waals surface area contributed by atoms with E-state index in [9.17, 15) is 14.4 Å². The van der Waals surface area contributed by atoms with Gasteiger partial charge in [0.05, 0.1) is 7.11 Å². The van der Waals surface area contributed by atoms with Crippen molar-refractivity contribution >= 4 is 17.7 Å². The summed E-state index contributed by atoms with van der Waals surface area (Å²) in [6.45, 7) is 0.569. The molecule has 33 heavy (non-hydrogen) atoms. The molecule has 2 atom stereocenters. The maximum atomic E-state index is 13.8. The first-order chi connectivity index (χ1) is 16.1. The summed E-state index contributed by atoms with van der Waals surface area (Å²) in [5, 5.41) is 6.22. The highest BCUT2D eigenvalue weighted by Crippen LogP contribution is 2.30. The Kier molecular flexibility index (Phi) is 7.89. The van der Waals surface area contributed by atoms with E-state index in [1.165, 1.54) is 0 Å². The molecule has 1 aromatic rings. The number of rotatable bonds is 7. The van der Waals surface area contributed by atoms with Crippen molar-refractivity contribution in [1.29, 1.82) is 0 Å². The molecular weight excluding hydrogens is 418 g/mol. The Labute approximate surface area is 196 Å². The molecule has 7 heteroatoms. The smallest absolute Gasteiger partial charge is 0.252 e. The third-order valence-electron chi connectivity index (χ3n) is 7.55. The van der Waals surface area contributed by atoms with Crippen LogP contribution in [0.15, 0.2) is 24.3 Å². The van der Waals surface area contributed by atoms with Crippen LogP contribution < -0.4 is 15.4 Å². The fourth-order valence-corrected chi connectivity index (χ4v) is 5.69. The molecule has 2 aliphatic carbocycles. The molecule has 1 aromatic carbocycles. The molecule has 180 valence electrons. The molecule has 2 N–H and O–H groups in total. The summed E-state index contributed by atoms with van der Waals surface area (Å²) in [7, 11) is 1.56. The second-order valence-electron chi connectivity index (χ2n) is 9.76.